The number of rotatable bonds is 7. The summed E-state index contributed by atoms with van der Waals surface area (Å²) in [4.78, 5) is 0. The largest absolute Gasteiger partial charge is 0.389 e. The Hall–Kier alpha value is -1.27. The van der Waals surface area contributed by atoms with Crippen molar-refractivity contribution in [2.75, 3.05) is 25.1 Å². The number of hydrogen-bond donors (Lipinski definition) is 2. The van der Waals surface area contributed by atoms with Crippen molar-refractivity contribution in [2.24, 2.45) is 5.92 Å². The minimum absolute atomic E-state index is 0.0138. The fourth-order valence-electron chi connectivity index (χ4n) is 1.38. The third-order valence-corrected chi connectivity index (χ3v) is 2.30. The zero-order chi connectivity index (χ0) is 14.4. The molecule has 0 saturated heterocycles. The monoisotopic (exact) mass is 277 g/mol. The first-order valence-electron chi connectivity index (χ1n) is 6.04. The SMILES string of the molecule is CC(C)COCC(O)CNc1cc(F)c(F)cc1F. The smallest absolute Gasteiger partial charge is 0.161 e. The van der Waals surface area contributed by atoms with E-state index in [1.54, 1.807) is 0 Å². The number of anilines is 1. The Balaban J connectivity index is 2.42. The summed E-state index contributed by atoms with van der Waals surface area (Å²) in [6, 6.07) is 1.17. The van der Waals surface area contributed by atoms with Crippen molar-refractivity contribution in [2.45, 2.75) is 20.0 Å². The molecular weight excluding hydrogens is 259 g/mol. The van der Waals surface area contributed by atoms with Gasteiger partial charge in [-0.15, -0.1) is 0 Å². The van der Waals surface area contributed by atoms with Crippen LogP contribution in [0.25, 0.3) is 0 Å². The van der Waals surface area contributed by atoms with Gasteiger partial charge in [-0.2, -0.15) is 0 Å². The molecule has 0 spiro atoms. The van der Waals surface area contributed by atoms with E-state index in [1.165, 1.54) is 0 Å². The van der Waals surface area contributed by atoms with E-state index >= 15 is 0 Å². The Morgan fingerprint density at radius 1 is 1.11 bits per heavy atom. The quantitative estimate of drug-likeness (QED) is 0.753. The molecule has 0 amide bonds. The lowest BCUT2D eigenvalue weighted by Gasteiger charge is -2.14. The van der Waals surface area contributed by atoms with Gasteiger partial charge in [0.25, 0.3) is 0 Å². The number of aliphatic hydroxyl groups is 1. The van der Waals surface area contributed by atoms with E-state index in [0.717, 1.165) is 0 Å². The van der Waals surface area contributed by atoms with Gasteiger partial charge in [-0.05, 0) is 5.92 Å². The molecule has 1 aromatic carbocycles. The summed E-state index contributed by atoms with van der Waals surface area (Å²) in [5.74, 6) is -2.95. The van der Waals surface area contributed by atoms with E-state index in [9.17, 15) is 18.3 Å². The predicted octanol–water partition coefficient (Wildman–Crippen LogP) is 2.55. The normalized spacial score (nSPS) is 12.8. The minimum atomic E-state index is -1.25. The molecular formula is C13H18F3NO2. The van der Waals surface area contributed by atoms with Gasteiger partial charge in [-0.3, -0.25) is 0 Å². The van der Waals surface area contributed by atoms with Gasteiger partial charge in [0.05, 0.1) is 18.4 Å². The van der Waals surface area contributed by atoms with Crippen molar-refractivity contribution >= 4 is 5.69 Å². The zero-order valence-corrected chi connectivity index (χ0v) is 10.9. The molecule has 6 heteroatoms. The Bertz CT molecular complexity index is 413. The van der Waals surface area contributed by atoms with Crippen LogP contribution in [0.15, 0.2) is 12.1 Å². The summed E-state index contributed by atoms with van der Waals surface area (Å²) in [6.45, 7) is 4.54. The van der Waals surface area contributed by atoms with Crippen LogP contribution < -0.4 is 5.32 Å². The van der Waals surface area contributed by atoms with Gasteiger partial charge in [-0.1, -0.05) is 13.8 Å². The lowest BCUT2D eigenvalue weighted by molar-refractivity contribution is 0.0317. The molecule has 0 radical (unpaired) electrons. The van der Waals surface area contributed by atoms with Gasteiger partial charge in [0.2, 0.25) is 0 Å². The highest BCUT2D eigenvalue weighted by Crippen LogP contribution is 2.18. The molecule has 0 aliphatic heterocycles. The lowest BCUT2D eigenvalue weighted by atomic mass is 10.2. The van der Waals surface area contributed by atoms with Crippen LogP contribution in [0.1, 0.15) is 13.8 Å². The summed E-state index contributed by atoms with van der Waals surface area (Å²) < 4.78 is 44.1. The highest BCUT2D eigenvalue weighted by Gasteiger charge is 2.11. The maximum Gasteiger partial charge on any atom is 0.161 e. The molecule has 19 heavy (non-hydrogen) atoms. The Morgan fingerprint density at radius 2 is 1.74 bits per heavy atom. The molecule has 3 nitrogen and oxygen atoms in total. The van der Waals surface area contributed by atoms with Gasteiger partial charge in [0.1, 0.15) is 5.82 Å². The molecule has 108 valence electrons. The van der Waals surface area contributed by atoms with Crippen molar-refractivity contribution in [1.29, 1.82) is 0 Å². The van der Waals surface area contributed by atoms with E-state index in [0.29, 0.717) is 24.7 Å². The summed E-state index contributed by atoms with van der Waals surface area (Å²) in [7, 11) is 0. The molecule has 2 N–H and O–H groups in total. The van der Waals surface area contributed by atoms with Crippen LogP contribution in [0.3, 0.4) is 0 Å². The third-order valence-electron chi connectivity index (χ3n) is 2.30. The average Bonchev–Trinajstić information content (AvgIpc) is 2.31. The second-order valence-electron chi connectivity index (χ2n) is 4.71. The van der Waals surface area contributed by atoms with Crippen LogP contribution in [-0.2, 0) is 4.74 Å². The van der Waals surface area contributed by atoms with Crippen LogP contribution in [0.4, 0.5) is 18.9 Å². The van der Waals surface area contributed by atoms with E-state index in [-0.39, 0.29) is 18.8 Å². The van der Waals surface area contributed by atoms with E-state index in [1.807, 2.05) is 13.8 Å². The number of aliphatic hydroxyl groups excluding tert-OH is 1. The fourth-order valence-corrected chi connectivity index (χ4v) is 1.38. The summed E-state index contributed by atoms with van der Waals surface area (Å²) >= 11 is 0. The number of halogens is 3. The van der Waals surface area contributed by atoms with Gasteiger partial charge in [0, 0.05) is 25.3 Å². The molecule has 0 saturated carbocycles. The van der Waals surface area contributed by atoms with Gasteiger partial charge in [0.15, 0.2) is 11.6 Å². The molecule has 0 heterocycles. The summed E-state index contributed by atoms with van der Waals surface area (Å²) in [5, 5.41) is 12.1. The number of ether oxygens (including phenoxy) is 1. The molecule has 0 fully saturated rings. The maximum atomic E-state index is 13.3. The molecule has 1 unspecified atom stereocenters. The first-order chi connectivity index (χ1) is 8.90. The second kappa shape index (κ2) is 7.35. The van der Waals surface area contributed by atoms with Crippen LogP contribution in [-0.4, -0.2) is 31.0 Å². The molecule has 0 bridgehead atoms. The van der Waals surface area contributed by atoms with Gasteiger partial charge >= 0.3 is 0 Å². The minimum Gasteiger partial charge on any atom is -0.389 e. The average molecular weight is 277 g/mol. The number of hydrogen-bond acceptors (Lipinski definition) is 3. The Labute approximate surface area is 110 Å². The third kappa shape index (κ3) is 5.48. The van der Waals surface area contributed by atoms with E-state index < -0.39 is 23.6 Å². The van der Waals surface area contributed by atoms with E-state index in [2.05, 4.69) is 5.32 Å². The van der Waals surface area contributed by atoms with E-state index in [4.69, 9.17) is 4.74 Å². The molecule has 0 aliphatic carbocycles. The Kier molecular flexibility index (Phi) is 6.11. The van der Waals surface area contributed by atoms with Crippen molar-refractivity contribution in [3.8, 4) is 0 Å². The van der Waals surface area contributed by atoms with Crippen molar-refractivity contribution in [3.63, 3.8) is 0 Å². The summed E-state index contributed by atoms with van der Waals surface area (Å²) in [5.41, 5.74) is -0.193. The van der Waals surface area contributed by atoms with Gasteiger partial charge < -0.3 is 15.2 Å². The fraction of sp³-hybridized carbons (Fsp3) is 0.538. The van der Waals surface area contributed by atoms with Gasteiger partial charge in [-0.25, -0.2) is 13.2 Å². The topological polar surface area (TPSA) is 41.5 Å². The zero-order valence-electron chi connectivity index (χ0n) is 10.9. The highest BCUT2D eigenvalue weighted by molar-refractivity contribution is 5.45. The maximum absolute atomic E-state index is 13.3. The lowest BCUT2D eigenvalue weighted by Crippen LogP contribution is -2.26. The molecule has 0 aromatic heterocycles. The van der Waals surface area contributed by atoms with Crippen molar-refractivity contribution < 1.29 is 23.0 Å². The van der Waals surface area contributed by atoms with Crippen LogP contribution in [0.2, 0.25) is 0 Å². The first-order valence-corrected chi connectivity index (χ1v) is 6.04. The molecule has 1 atom stereocenters. The second-order valence-corrected chi connectivity index (χ2v) is 4.71. The molecule has 0 aliphatic rings. The van der Waals surface area contributed by atoms with Crippen LogP contribution in [0, 0.1) is 23.4 Å². The molecule has 1 rings (SSSR count). The highest BCUT2D eigenvalue weighted by atomic mass is 19.2. The van der Waals surface area contributed by atoms with Crippen LogP contribution in [0.5, 0.6) is 0 Å². The molecule has 1 aromatic rings. The number of benzene rings is 1. The number of nitrogens with one attached hydrogen (secondary N) is 1. The summed E-state index contributed by atoms with van der Waals surface area (Å²) in [6.07, 6.45) is -0.855. The Morgan fingerprint density at radius 3 is 2.37 bits per heavy atom. The standard InChI is InChI=1S/C13H18F3NO2/c1-8(2)6-19-7-9(18)5-17-13-4-11(15)10(14)3-12(13)16/h3-4,8-9,17-18H,5-7H2,1-2H3. The van der Waals surface area contributed by atoms with Crippen molar-refractivity contribution in [1.82, 2.24) is 0 Å². The predicted molar refractivity (Wildman–Crippen MR) is 66.5 cm³/mol. The first kappa shape index (κ1) is 15.8. The van der Waals surface area contributed by atoms with Crippen molar-refractivity contribution in [3.05, 3.63) is 29.6 Å². The van der Waals surface area contributed by atoms with Crippen LogP contribution >= 0.6 is 0 Å².